The highest BCUT2D eigenvalue weighted by Gasteiger charge is 2.20. The molecule has 1 aliphatic carbocycles. The maximum Gasteiger partial charge on any atom is 0.306 e. The van der Waals surface area contributed by atoms with E-state index >= 15 is 0 Å². The fraction of sp³-hybridized carbons (Fsp3) is 0.900. The van der Waals surface area contributed by atoms with Crippen LogP contribution in [-0.2, 0) is 24.4 Å². The van der Waals surface area contributed by atoms with Crippen LogP contribution in [0, 0.1) is 0 Å². The summed E-state index contributed by atoms with van der Waals surface area (Å²) in [6.07, 6.45) is 3.69. The molecule has 0 heterocycles. The third-order valence-corrected chi connectivity index (χ3v) is 3.62. The summed E-state index contributed by atoms with van der Waals surface area (Å²) in [4.78, 5) is 18.1. The lowest BCUT2D eigenvalue weighted by Gasteiger charge is -2.11. The maximum atomic E-state index is 11.5. The highest BCUT2D eigenvalue weighted by molar-refractivity contribution is 7.89. The van der Waals surface area contributed by atoms with Crippen LogP contribution in [0.15, 0.2) is 0 Å². The number of carbonyl (C=O) groups excluding carboxylic acids is 1. The summed E-state index contributed by atoms with van der Waals surface area (Å²) < 4.78 is 27.5. The first-order valence-corrected chi connectivity index (χ1v) is 7.49. The van der Waals surface area contributed by atoms with E-state index in [0.717, 1.165) is 25.7 Å². The molecule has 0 aromatic heterocycles. The summed E-state index contributed by atoms with van der Waals surface area (Å²) in [5, 5.41) is 0. The summed E-state index contributed by atoms with van der Waals surface area (Å²) in [7, 11) is -3.56. The molecule has 17 heavy (non-hydrogen) atoms. The summed E-state index contributed by atoms with van der Waals surface area (Å²) in [5.41, 5.74) is 0. The average Bonchev–Trinajstić information content (AvgIpc) is 2.77. The third kappa shape index (κ3) is 5.99. The molecule has 7 heteroatoms. The zero-order chi connectivity index (χ0) is 12.7. The van der Waals surface area contributed by atoms with E-state index in [0.29, 0.717) is 0 Å². The second-order valence-corrected chi connectivity index (χ2v) is 5.79. The van der Waals surface area contributed by atoms with Crippen molar-refractivity contribution in [2.75, 3.05) is 12.4 Å². The van der Waals surface area contributed by atoms with E-state index in [4.69, 9.17) is 4.84 Å². The molecule has 0 radical (unpaired) electrons. The van der Waals surface area contributed by atoms with E-state index < -0.39 is 16.0 Å². The van der Waals surface area contributed by atoms with Gasteiger partial charge in [-0.2, -0.15) is 0 Å². The van der Waals surface area contributed by atoms with Crippen molar-refractivity contribution in [2.24, 2.45) is 0 Å². The predicted molar refractivity (Wildman–Crippen MR) is 61.5 cm³/mol. The molecule has 1 fully saturated rings. The molecule has 0 aliphatic heterocycles. The van der Waals surface area contributed by atoms with Crippen LogP contribution in [0.25, 0.3) is 0 Å². The van der Waals surface area contributed by atoms with Gasteiger partial charge in [-0.05, 0) is 19.8 Å². The number of sulfonamides is 1. The Balaban J connectivity index is 2.23. The van der Waals surface area contributed by atoms with Crippen LogP contribution in [0.3, 0.4) is 0 Å². The van der Waals surface area contributed by atoms with Gasteiger partial charge in [0.25, 0.3) is 0 Å². The number of carbonyl (C=O) groups is 1. The van der Waals surface area contributed by atoms with Gasteiger partial charge in [0.2, 0.25) is 10.0 Å². The summed E-state index contributed by atoms with van der Waals surface area (Å²) >= 11 is 0. The molecule has 1 aliphatic rings. The lowest BCUT2D eigenvalue weighted by Crippen LogP contribution is -2.31. The van der Waals surface area contributed by atoms with Crippen LogP contribution < -0.4 is 4.89 Å². The molecule has 0 atom stereocenters. The highest BCUT2D eigenvalue weighted by atomic mass is 32.2. The Kier molecular flexibility index (Phi) is 5.87. The molecule has 0 saturated heterocycles. The SMILES string of the molecule is CCOC(=O)CCS(=O)(=O)NOC1CCCC1. The second kappa shape index (κ2) is 6.93. The van der Waals surface area contributed by atoms with Gasteiger partial charge in [-0.15, -0.1) is 0 Å². The fourth-order valence-electron chi connectivity index (χ4n) is 1.64. The van der Waals surface area contributed by atoms with Crippen molar-refractivity contribution in [3.63, 3.8) is 0 Å². The first-order valence-electron chi connectivity index (χ1n) is 5.84. The van der Waals surface area contributed by atoms with Crippen molar-refractivity contribution in [1.29, 1.82) is 0 Å². The molecule has 0 amide bonds. The van der Waals surface area contributed by atoms with Crippen molar-refractivity contribution < 1.29 is 22.8 Å². The van der Waals surface area contributed by atoms with Gasteiger partial charge >= 0.3 is 5.97 Å². The van der Waals surface area contributed by atoms with Gasteiger partial charge in [0.15, 0.2) is 0 Å². The molecule has 100 valence electrons. The van der Waals surface area contributed by atoms with Gasteiger partial charge in [0, 0.05) is 0 Å². The number of esters is 1. The van der Waals surface area contributed by atoms with Crippen LogP contribution >= 0.6 is 0 Å². The van der Waals surface area contributed by atoms with E-state index in [1.165, 1.54) is 0 Å². The summed E-state index contributed by atoms with van der Waals surface area (Å²) in [5.74, 6) is -0.822. The molecule has 6 nitrogen and oxygen atoms in total. The highest BCUT2D eigenvalue weighted by Crippen LogP contribution is 2.20. The molecule has 1 rings (SSSR count). The Hall–Kier alpha value is -0.660. The van der Waals surface area contributed by atoms with Crippen molar-refractivity contribution in [3.05, 3.63) is 0 Å². The molecule has 1 saturated carbocycles. The topological polar surface area (TPSA) is 81.7 Å². The van der Waals surface area contributed by atoms with E-state index in [1.54, 1.807) is 6.92 Å². The van der Waals surface area contributed by atoms with Crippen molar-refractivity contribution in [1.82, 2.24) is 4.89 Å². The standard InChI is InChI=1S/C10H19NO5S/c1-2-15-10(12)7-8-17(13,14)11-16-9-5-3-4-6-9/h9,11H,2-8H2,1H3. The quantitative estimate of drug-likeness (QED) is 0.542. The lowest BCUT2D eigenvalue weighted by molar-refractivity contribution is -0.142. The Bertz CT molecular complexity index is 335. The maximum absolute atomic E-state index is 11.5. The molecule has 0 unspecified atom stereocenters. The normalized spacial score (nSPS) is 17.2. The van der Waals surface area contributed by atoms with Gasteiger partial charge in [0.05, 0.1) is 24.9 Å². The van der Waals surface area contributed by atoms with E-state index in [2.05, 4.69) is 9.62 Å². The number of rotatable bonds is 7. The monoisotopic (exact) mass is 265 g/mol. The summed E-state index contributed by atoms with van der Waals surface area (Å²) in [6.45, 7) is 1.93. The Morgan fingerprint density at radius 1 is 1.35 bits per heavy atom. The minimum Gasteiger partial charge on any atom is -0.466 e. The van der Waals surface area contributed by atoms with E-state index in [1.807, 2.05) is 0 Å². The number of nitrogens with one attached hydrogen (secondary N) is 1. The van der Waals surface area contributed by atoms with Crippen LogP contribution in [0.1, 0.15) is 39.0 Å². The van der Waals surface area contributed by atoms with Crippen molar-refractivity contribution >= 4 is 16.0 Å². The largest absolute Gasteiger partial charge is 0.466 e. The van der Waals surface area contributed by atoms with Crippen LogP contribution in [0.2, 0.25) is 0 Å². The Labute approximate surface area is 102 Å². The summed E-state index contributed by atoms with van der Waals surface area (Å²) in [6, 6.07) is 0. The second-order valence-electron chi connectivity index (χ2n) is 3.98. The first kappa shape index (κ1) is 14.4. The van der Waals surface area contributed by atoms with Crippen LogP contribution in [0.5, 0.6) is 0 Å². The van der Waals surface area contributed by atoms with Crippen molar-refractivity contribution in [2.45, 2.75) is 45.1 Å². The average molecular weight is 265 g/mol. The Morgan fingerprint density at radius 2 is 2.00 bits per heavy atom. The molecule has 1 N–H and O–H groups in total. The molecule has 0 bridgehead atoms. The minimum absolute atomic E-state index is 0.0348. The van der Waals surface area contributed by atoms with Crippen LogP contribution in [0.4, 0.5) is 0 Å². The lowest BCUT2D eigenvalue weighted by atomic mass is 10.3. The van der Waals surface area contributed by atoms with Crippen LogP contribution in [-0.4, -0.2) is 32.9 Å². The zero-order valence-electron chi connectivity index (χ0n) is 9.98. The van der Waals surface area contributed by atoms with Crippen molar-refractivity contribution in [3.8, 4) is 0 Å². The fourth-order valence-corrected chi connectivity index (χ4v) is 2.44. The van der Waals surface area contributed by atoms with Gasteiger partial charge in [-0.1, -0.05) is 17.7 Å². The van der Waals surface area contributed by atoms with E-state index in [9.17, 15) is 13.2 Å². The molecule has 0 spiro atoms. The zero-order valence-corrected chi connectivity index (χ0v) is 10.8. The van der Waals surface area contributed by atoms with Gasteiger partial charge in [-0.25, -0.2) is 8.42 Å². The number of hydrogen-bond donors (Lipinski definition) is 1. The smallest absolute Gasteiger partial charge is 0.306 e. The van der Waals surface area contributed by atoms with Gasteiger partial charge < -0.3 is 4.74 Å². The minimum atomic E-state index is -3.56. The predicted octanol–water partition coefficient (Wildman–Crippen LogP) is 0.733. The Morgan fingerprint density at radius 3 is 2.59 bits per heavy atom. The molecule has 0 aromatic rings. The molecular formula is C10H19NO5S. The number of hydrogen-bond acceptors (Lipinski definition) is 5. The third-order valence-electron chi connectivity index (χ3n) is 2.52. The first-order chi connectivity index (χ1) is 8.03. The van der Waals surface area contributed by atoms with E-state index in [-0.39, 0.29) is 24.9 Å². The molecular weight excluding hydrogens is 246 g/mol. The number of ether oxygens (including phenoxy) is 1. The van der Waals surface area contributed by atoms with Gasteiger partial charge in [0.1, 0.15) is 0 Å². The van der Waals surface area contributed by atoms with Gasteiger partial charge in [-0.3, -0.25) is 9.63 Å². The molecule has 0 aromatic carbocycles.